The fourth-order valence-corrected chi connectivity index (χ4v) is 2.73. The number of aliphatic imine (C=N–C) groups is 1. The van der Waals surface area contributed by atoms with E-state index in [9.17, 15) is 0 Å². The van der Waals surface area contributed by atoms with E-state index >= 15 is 0 Å². The smallest absolute Gasteiger partial charge is 0.191 e. The molecule has 0 atom stereocenters. The molecule has 0 bridgehead atoms. The highest BCUT2D eigenvalue weighted by molar-refractivity contribution is 14.0. The van der Waals surface area contributed by atoms with Gasteiger partial charge < -0.3 is 25.0 Å². The Morgan fingerprint density at radius 3 is 2.67 bits per heavy atom. The van der Waals surface area contributed by atoms with E-state index in [1.54, 1.807) is 14.2 Å². The van der Waals surface area contributed by atoms with Gasteiger partial charge in [-0.1, -0.05) is 24.3 Å². The number of hydrogen-bond acceptors (Lipinski definition) is 4. The summed E-state index contributed by atoms with van der Waals surface area (Å²) in [7, 11) is 5.59. The predicted molar refractivity (Wildman–Crippen MR) is 122 cm³/mol. The molecule has 1 aromatic rings. The van der Waals surface area contributed by atoms with Crippen molar-refractivity contribution in [3.8, 4) is 5.75 Å². The van der Waals surface area contributed by atoms with E-state index in [1.807, 2.05) is 12.1 Å². The Kier molecular flexibility index (Phi) is 12.1. The Balaban J connectivity index is 0.00000364. The number of benzene rings is 1. The summed E-state index contributed by atoms with van der Waals surface area (Å²) in [6.45, 7) is 3.90. The third-order valence-electron chi connectivity index (χ3n) is 4.35. The number of nitrogens with one attached hydrogen (secondary N) is 2. The van der Waals surface area contributed by atoms with Crippen molar-refractivity contribution in [2.24, 2.45) is 4.99 Å². The molecule has 1 aromatic carbocycles. The molecule has 0 spiro atoms. The molecule has 2 rings (SSSR count). The standard InChI is InChI=1S/C20H32N4O2.HI/c1-21-20(23-18-8-4-5-9-18)22-16-17-7-6-10-19(15-17)26-14-12-24(2)11-13-25-3;/h4-7,10,15,18H,8-9,11-14,16H2,1-3H3,(H2,21,22,23);1H. The van der Waals surface area contributed by atoms with Crippen LogP contribution < -0.4 is 15.4 Å². The first-order valence-electron chi connectivity index (χ1n) is 9.22. The van der Waals surface area contributed by atoms with Crippen molar-refractivity contribution in [2.45, 2.75) is 25.4 Å². The minimum Gasteiger partial charge on any atom is -0.492 e. The Morgan fingerprint density at radius 1 is 1.22 bits per heavy atom. The number of likely N-dealkylation sites (N-methyl/N-ethyl adjacent to an activating group) is 1. The summed E-state index contributed by atoms with van der Waals surface area (Å²) < 4.78 is 11.0. The Labute approximate surface area is 180 Å². The molecule has 0 aliphatic heterocycles. The maximum absolute atomic E-state index is 5.87. The van der Waals surface area contributed by atoms with Crippen molar-refractivity contribution >= 4 is 29.9 Å². The lowest BCUT2D eigenvalue weighted by atomic mass is 10.2. The maximum Gasteiger partial charge on any atom is 0.191 e. The quantitative estimate of drug-likeness (QED) is 0.230. The lowest BCUT2D eigenvalue weighted by Crippen LogP contribution is -2.42. The zero-order valence-corrected chi connectivity index (χ0v) is 18.9. The van der Waals surface area contributed by atoms with E-state index in [-0.39, 0.29) is 24.0 Å². The highest BCUT2D eigenvalue weighted by Gasteiger charge is 2.11. The molecule has 152 valence electrons. The van der Waals surface area contributed by atoms with Gasteiger partial charge in [-0.05, 0) is 37.6 Å². The summed E-state index contributed by atoms with van der Waals surface area (Å²) in [6.07, 6.45) is 6.53. The fraction of sp³-hybridized carbons (Fsp3) is 0.550. The van der Waals surface area contributed by atoms with Gasteiger partial charge in [0.1, 0.15) is 12.4 Å². The number of ether oxygens (including phenoxy) is 2. The lowest BCUT2D eigenvalue weighted by Gasteiger charge is -2.18. The van der Waals surface area contributed by atoms with E-state index < -0.39 is 0 Å². The van der Waals surface area contributed by atoms with Crippen LogP contribution in [0.15, 0.2) is 41.4 Å². The van der Waals surface area contributed by atoms with Crippen molar-refractivity contribution in [2.75, 3.05) is 47.5 Å². The van der Waals surface area contributed by atoms with E-state index in [1.165, 1.54) is 5.56 Å². The van der Waals surface area contributed by atoms with Gasteiger partial charge in [0.2, 0.25) is 0 Å². The van der Waals surface area contributed by atoms with Crippen LogP contribution in [0.4, 0.5) is 0 Å². The number of rotatable bonds is 10. The van der Waals surface area contributed by atoms with Gasteiger partial charge in [0, 0.05) is 39.8 Å². The molecule has 7 heteroatoms. The molecule has 1 aliphatic rings. The highest BCUT2D eigenvalue weighted by atomic mass is 127. The molecule has 0 radical (unpaired) electrons. The van der Waals surface area contributed by atoms with Gasteiger partial charge in [-0.15, -0.1) is 24.0 Å². The molecular weight excluding hydrogens is 455 g/mol. The second-order valence-electron chi connectivity index (χ2n) is 6.50. The van der Waals surface area contributed by atoms with Crippen LogP contribution in [0.2, 0.25) is 0 Å². The molecule has 2 N–H and O–H groups in total. The number of methoxy groups -OCH3 is 1. The SMILES string of the molecule is CN=C(NCc1cccc(OCCN(C)CCOC)c1)NC1CC=CC1.I. The summed E-state index contributed by atoms with van der Waals surface area (Å²) in [4.78, 5) is 6.50. The van der Waals surface area contributed by atoms with E-state index in [0.717, 1.165) is 44.2 Å². The predicted octanol–water partition coefficient (Wildman–Crippen LogP) is 2.65. The van der Waals surface area contributed by atoms with Crippen LogP contribution in [0.3, 0.4) is 0 Å². The normalized spacial score (nSPS) is 14.3. The average Bonchev–Trinajstić information content (AvgIpc) is 3.17. The van der Waals surface area contributed by atoms with Crippen LogP contribution in [-0.2, 0) is 11.3 Å². The van der Waals surface area contributed by atoms with Gasteiger partial charge in [0.05, 0.1) is 6.61 Å². The first kappa shape index (κ1) is 23.7. The third kappa shape index (κ3) is 9.44. The zero-order valence-electron chi connectivity index (χ0n) is 16.6. The second-order valence-corrected chi connectivity index (χ2v) is 6.50. The van der Waals surface area contributed by atoms with Crippen LogP contribution in [0, 0.1) is 0 Å². The third-order valence-corrected chi connectivity index (χ3v) is 4.35. The van der Waals surface area contributed by atoms with E-state index in [0.29, 0.717) is 19.2 Å². The second kappa shape index (κ2) is 13.8. The minimum atomic E-state index is 0. The number of guanidine groups is 1. The number of halogens is 1. The van der Waals surface area contributed by atoms with Crippen molar-refractivity contribution in [3.63, 3.8) is 0 Å². The maximum atomic E-state index is 5.87. The van der Waals surface area contributed by atoms with Crippen molar-refractivity contribution in [3.05, 3.63) is 42.0 Å². The monoisotopic (exact) mass is 488 g/mol. The number of hydrogen-bond donors (Lipinski definition) is 2. The van der Waals surface area contributed by atoms with E-state index in [4.69, 9.17) is 9.47 Å². The summed E-state index contributed by atoms with van der Waals surface area (Å²) in [5.74, 6) is 1.73. The molecule has 0 amide bonds. The van der Waals surface area contributed by atoms with Gasteiger partial charge in [-0.25, -0.2) is 0 Å². The first-order chi connectivity index (χ1) is 12.7. The van der Waals surface area contributed by atoms with E-state index in [2.05, 4.69) is 51.9 Å². The summed E-state index contributed by atoms with van der Waals surface area (Å²) >= 11 is 0. The van der Waals surface area contributed by atoms with Gasteiger partial charge in [0.15, 0.2) is 5.96 Å². The fourth-order valence-electron chi connectivity index (χ4n) is 2.73. The molecule has 0 fully saturated rings. The van der Waals surface area contributed by atoms with Crippen LogP contribution in [0.1, 0.15) is 18.4 Å². The van der Waals surface area contributed by atoms with Crippen LogP contribution in [-0.4, -0.2) is 64.4 Å². The van der Waals surface area contributed by atoms with Gasteiger partial charge >= 0.3 is 0 Å². The van der Waals surface area contributed by atoms with Crippen LogP contribution in [0.5, 0.6) is 5.75 Å². The molecule has 0 saturated heterocycles. The molecule has 6 nitrogen and oxygen atoms in total. The molecule has 27 heavy (non-hydrogen) atoms. The molecule has 0 unspecified atom stereocenters. The van der Waals surface area contributed by atoms with Crippen LogP contribution in [0.25, 0.3) is 0 Å². The van der Waals surface area contributed by atoms with Crippen molar-refractivity contribution in [1.29, 1.82) is 0 Å². The summed E-state index contributed by atoms with van der Waals surface area (Å²) in [6, 6.07) is 8.64. The van der Waals surface area contributed by atoms with Gasteiger partial charge in [0.25, 0.3) is 0 Å². The van der Waals surface area contributed by atoms with Crippen molar-refractivity contribution < 1.29 is 9.47 Å². The summed E-state index contributed by atoms with van der Waals surface area (Å²) in [5.41, 5.74) is 1.17. The molecule has 0 aromatic heterocycles. The largest absolute Gasteiger partial charge is 0.492 e. The topological polar surface area (TPSA) is 58.1 Å². The lowest BCUT2D eigenvalue weighted by molar-refractivity contribution is 0.150. The zero-order chi connectivity index (χ0) is 18.6. The molecule has 0 saturated carbocycles. The summed E-state index contributed by atoms with van der Waals surface area (Å²) in [5, 5.41) is 6.81. The molecular formula is C20H33IN4O2. The molecule has 0 heterocycles. The Morgan fingerprint density at radius 2 is 1.96 bits per heavy atom. The van der Waals surface area contributed by atoms with Gasteiger partial charge in [-0.2, -0.15) is 0 Å². The Bertz CT molecular complexity index is 587. The van der Waals surface area contributed by atoms with Gasteiger partial charge in [-0.3, -0.25) is 4.99 Å². The first-order valence-corrected chi connectivity index (χ1v) is 9.22. The van der Waals surface area contributed by atoms with Crippen molar-refractivity contribution in [1.82, 2.24) is 15.5 Å². The number of nitrogens with zero attached hydrogens (tertiary/aromatic N) is 2. The molecule has 1 aliphatic carbocycles. The average molecular weight is 488 g/mol. The highest BCUT2D eigenvalue weighted by Crippen LogP contribution is 2.13. The van der Waals surface area contributed by atoms with Crippen LogP contribution >= 0.6 is 24.0 Å². The minimum absolute atomic E-state index is 0. The Hall–Kier alpha value is -1.32.